The Morgan fingerprint density at radius 2 is 1.96 bits per heavy atom. The van der Waals surface area contributed by atoms with Gasteiger partial charge in [-0.15, -0.1) is 0 Å². The zero-order valence-corrected chi connectivity index (χ0v) is 14.0. The van der Waals surface area contributed by atoms with E-state index in [2.05, 4.69) is 10.3 Å². The summed E-state index contributed by atoms with van der Waals surface area (Å²) in [6, 6.07) is 11.1. The van der Waals surface area contributed by atoms with E-state index in [1.54, 1.807) is 29.2 Å². The van der Waals surface area contributed by atoms with Gasteiger partial charge in [0.15, 0.2) is 0 Å². The molecule has 1 aromatic carbocycles. The Hall–Kier alpha value is -3.09. The van der Waals surface area contributed by atoms with Crippen molar-refractivity contribution in [2.45, 2.75) is 0 Å². The Morgan fingerprint density at radius 1 is 1.16 bits per heavy atom. The number of carbonyl (C=O) groups excluding carboxylic acids is 2. The lowest BCUT2D eigenvalue weighted by atomic mass is 10.2. The fraction of sp³-hybridized carbons (Fsp3) is 0.278. The van der Waals surface area contributed by atoms with Crippen LogP contribution in [0.15, 0.2) is 42.6 Å². The van der Waals surface area contributed by atoms with E-state index < -0.39 is 0 Å². The summed E-state index contributed by atoms with van der Waals surface area (Å²) < 4.78 is 5.19. The van der Waals surface area contributed by atoms with Crippen LogP contribution < -0.4 is 10.1 Å². The summed E-state index contributed by atoms with van der Waals surface area (Å²) in [7, 11) is 1.62. The summed E-state index contributed by atoms with van der Waals surface area (Å²) in [6.45, 7) is 2.18. The Bertz CT molecular complexity index is 740. The fourth-order valence-corrected chi connectivity index (χ4v) is 2.65. The second-order valence-electron chi connectivity index (χ2n) is 5.72. The maximum Gasteiger partial charge on any atom is 0.272 e. The summed E-state index contributed by atoms with van der Waals surface area (Å²) >= 11 is 0. The SMILES string of the molecule is COc1cccc(Nc2ccc(C(=O)N3CCN(C=O)CC3)nc2)c1. The normalized spacial score (nSPS) is 14.1. The second-order valence-corrected chi connectivity index (χ2v) is 5.72. The topological polar surface area (TPSA) is 74.8 Å². The molecule has 0 aliphatic carbocycles. The van der Waals surface area contributed by atoms with Crippen molar-refractivity contribution in [3.8, 4) is 5.75 Å². The van der Waals surface area contributed by atoms with Crippen molar-refractivity contribution in [2.75, 3.05) is 38.6 Å². The molecule has 7 heteroatoms. The molecule has 130 valence electrons. The van der Waals surface area contributed by atoms with Crippen molar-refractivity contribution < 1.29 is 14.3 Å². The Morgan fingerprint density at radius 3 is 2.60 bits per heavy atom. The van der Waals surface area contributed by atoms with Crippen LogP contribution in [-0.4, -0.2) is 60.4 Å². The molecular weight excluding hydrogens is 320 g/mol. The van der Waals surface area contributed by atoms with Crippen molar-refractivity contribution >= 4 is 23.7 Å². The van der Waals surface area contributed by atoms with Gasteiger partial charge in [-0.25, -0.2) is 4.98 Å². The van der Waals surface area contributed by atoms with E-state index in [0.29, 0.717) is 31.9 Å². The number of benzene rings is 1. The second kappa shape index (κ2) is 7.65. The lowest BCUT2D eigenvalue weighted by Crippen LogP contribution is -2.48. The third-order valence-electron chi connectivity index (χ3n) is 4.09. The number of nitrogens with zero attached hydrogens (tertiary/aromatic N) is 3. The van der Waals surface area contributed by atoms with Crippen molar-refractivity contribution in [3.63, 3.8) is 0 Å². The summed E-state index contributed by atoms with van der Waals surface area (Å²) in [4.78, 5) is 30.8. The molecule has 1 fully saturated rings. The molecular formula is C18H20N4O3. The molecule has 2 aromatic rings. The van der Waals surface area contributed by atoms with Crippen LogP contribution in [0.2, 0.25) is 0 Å². The molecule has 0 bridgehead atoms. The van der Waals surface area contributed by atoms with Gasteiger partial charge in [-0.3, -0.25) is 9.59 Å². The molecule has 0 unspecified atom stereocenters. The van der Waals surface area contributed by atoms with E-state index >= 15 is 0 Å². The number of nitrogens with one attached hydrogen (secondary N) is 1. The molecule has 0 saturated carbocycles. The van der Waals surface area contributed by atoms with Gasteiger partial charge in [-0.2, -0.15) is 0 Å². The van der Waals surface area contributed by atoms with E-state index in [-0.39, 0.29) is 5.91 Å². The predicted octanol–water partition coefficient (Wildman–Crippen LogP) is 1.75. The van der Waals surface area contributed by atoms with Crippen LogP contribution in [0.1, 0.15) is 10.5 Å². The summed E-state index contributed by atoms with van der Waals surface area (Å²) in [5.41, 5.74) is 2.07. The number of pyridine rings is 1. The molecule has 25 heavy (non-hydrogen) atoms. The number of carbonyl (C=O) groups is 2. The number of ether oxygens (including phenoxy) is 1. The quantitative estimate of drug-likeness (QED) is 0.840. The lowest BCUT2D eigenvalue weighted by Gasteiger charge is -2.32. The first-order valence-corrected chi connectivity index (χ1v) is 8.05. The van der Waals surface area contributed by atoms with E-state index in [1.807, 2.05) is 30.3 Å². The minimum Gasteiger partial charge on any atom is -0.497 e. The molecule has 1 aromatic heterocycles. The molecule has 2 amide bonds. The number of methoxy groups -OCH3 is 1. The first kappa shape index (κ1) is 16.8. The summed E-state index contributed by atoms with van der Waals surface area (Å²) in [5.74, 6) is 0.651. The molecule has 7 nitrogen and oxygen atoms in total. The Labute approximate surface area is 146 Å². The minimum absolute atomic E-state index is 0.113. The average molecular weight is 340 g/mol. The maximum atomic E-state index is 12.5. The smallest absolute Gasteiger partial charge is 0.272 e. The molecule has 1 aliphatic heterocycles. The van der Waals surface area contributed by atoms with Gasteiger partial charge in [0.1, 0.15) is 11.4 Å². The number of piperazine rings is 1. The van der Waals surface area contributed by atoms with Gasteiger partial charge in [-0.05, 0) is 24.3 Å². The first-order valence-electron chi connectivity index (χ1n) is 8.05. The zero-order chi connectivity index (χ0) is 17.6. The zero-order valence-electron chi connectivity index (χ0n) is 14.0. The molecule has 3 rings (SSSR count). The Kier molecular flexibility index (Phi) is 5.13. The molecule has 1 N–H and O–H groups in total. The van der Waals surface area contributed by atoms with E-state index in [1.165, 1.54) is 0 Å². The van der Waals surface area contributed by atoms with Crippen LogP contribution in [0.3, 0.4) is 0 Å². The number of aromatic nitrogens is 1. The summed E-state index contributed by atoms with van der Waals surface area (Å²) in [6.07, 6.45) is 2.45. The van der Waals surface area contributed by atoms with Crippen molar-refractivity contribution in [1.29, 1.82) is 0 Å². The van der Waals surface area contributed by atoms with Gasteiger partial charge in [0.25, 0.3) is 5.91 Å². The molecule has 1 aliphatic rings. The number of hydrogen-bond acceptors (Lipinski definition) is 5. The Balaban J connectivity index is 1.63. The fourth-order valence-electron chi connectivity index (χ4n) is 2.65. The highest BCUT2D eigenvalue weighted by Crippen LogP contribution is 2.21. The highest BCUT2D eigenvalue weighted by molar-refractivity contribution is 5.92. The van der Waals surface area contributed by atoms with Crippen molar-refractivity contribution in [2.24, 2.45) is 0 Å². The van der Waals surface area contributed by atoms with Crippen LogP contribution in [0.4, 0.5) is 11.4 Å². The van der Waals surface area contributed by atoms with E-state index in [9.17, 15) is 9.59 Å². The van der Waals surface area contributed by atoms with Crippen LogP contribution in [0, 0.1) is 0 Å². The molecule has 2 heterocycles. The van der Waals surface area contributed by atoms with Crippen LogP contribution in [0.25, 0.3) is 0 Å². The van der Waals surface area contributed by atoms with E-state index in [4.69, 9.17) is 4.74 Å². The molecule has 1 saturated heterocycles. The number of rotatable bonds is 5. The molecule has 0 atom stereocenters. The largest absolute Gasteiger partial charge is 0.497 e. The number of amides is 2. The molecule has 0 radical (unpaired) electrons. The van der Waals surface area contributed by atoms with Gasteiger partial charge < -0.3 is 19.9 Å². The lowest BCUT2D eigenvalue weighted by molar-refractivity contribution is -0.119. The van der Waals surface area contributed by atoms with Gasteiger partial charge in [0.05, 0.1) is 19.0 Å². The number of hydrogen-bond donors (Lipinski definition) is 1. The maximum absolute atomic E-state index is 12.5. The molecule has 0 spiro atoms. The highest BCUT2D eigenvalue weighted by atomic mass is 16.5. The third-order valence-corrected chi connectivity index (χ3v) is 4.09. The van der Waals surface area contributed by atoms with Crippen LogP contribution in [0.5, 0.6) is 5.75 Å². The van der Waals surface area contributed by atoms with Gasteiger partial charge in [0.2, 0.25) is 6.41 Å². The van der Waals surface area contributed by atoms with Gasteiger partial charge >= 0.3 is 0 Å². The standard InChI is InChI=1S/C18H20N4O3/c1-25-16-4-2-3-14(11-16)20-15-5-6-17(19-12-15)18(24)22-9-7-21(13-23)8-10-22/h2-6,11-13,20H,7-10H2,1H3. The monoisotopic (exact) mass is 340 g/mol. The van der Waals surface area contributed by atoms with Crippen LogP contribution >= 0.6 is 0 Å². The third kappa shape index (κ3) is 4.06. The first-order chi connectivity index (χ1) is 12.2. The highest BCUT2D eigenvalue weighted by Gasteiger charge is 2.22. The minimum atomic E-state index is -0.113. The predicted molar refractivity (Wildman–Crippen MR) is 94.1 cm³/mol. The summed E-state index contributed by atoms with van der Waals surface area (Å²) in [5, 5.41) is 3.22. The van der Waals surface area contributed by atoms with Gasteiger partial charge in [0, 0.05) is 37.9 Å². The number of anilines is 2. The average Bonchev–Trinajstić information content (AvgIpc) is 2.68. The van der Waals surface area contributed by atoms with Crippen LogP contribution in [-0.2, 0) is 4.79 Å². The van der Waals surface area contributed by atoms with Gasteiger partial charge in [-0.1, -0.05) is 6.07 Å². The van der Waals surface area contributed by atoms with E-state index in [0.717, 1.165) is 23.5 Å². The van der Waals surface area contributed by atoms with Crippen molar-refractivity contribution in [1.82, 2.24) is 14.8 Å². The van der Waals surface area contributed by atoms with Crippen molar-refractivity contribution in [3.05, 3.63) is 48.3 Å².